The van der Waals surface area contributed by atoms with Crippen LogP contribution in [0.15, 0.2) is 127 Å². The average Bonchev–Trinajstić information content (AvgIpc) is 3.33. The van der Waals surface area contributed by atoms with Crippen LogP contribution < -0.4 is 4.57 Å². The van der Waals surface area contributed by atoms with E-state index in [4.69, 9.17) is 0 Å². The topological polar surface area (TPSA) is 8.81 Å². The van der Waals surface area contributed by atoms with Crippen molar-refractivity contribution in [2.24, 2.45) is 7.05 Å². The largest absolute Gasteiger partial charge is 0.258 e. The molecule has 0 saturated carbocycles. The van der Waals surface area contributed by atoms with E-state index in [0.29, 0.717) is 0 Å². The van der Waals surface area contributed by atoms with Crippen LogP contribution in [0.5, 0.6) is 0 Å². The second kappa shape index (κ2) is 10.6. The van der Waals surface area contributed by atoms with E-state index in [9.17, 15) is 0 Å². The zero-order valence-corrected chi connectivity index (χ0v) is 26.4. The summed E-state index contributed by atoms with van der Waals surface area (Å²) >= 11 is 0. The summed E-state index contributed by atoms with van der Waals surface area (Å²) in [5.41, 5.74) is 7.87. The van der Waals surface area contributed by atoms with E-state index in [0.717, 1.165) is 28.2 Å². The molecule has 8 rings (SSSR count). The number of hydrogen-bond donors (Lipinski definition) is 0. The van der Waals surface area contributed by atoms with Crippen molar-refractivity contribution < 1.29 is 37.3 Å². The van der Waals surface area contributed by atoms with Gasteiger partial charge in [-0.2, -0.15) is 29.8 Å². The summed E-state index contributed by atoms with van der Waals surface area (Å²) in [5, 5.41) is 7.41. The number of benzene rings is 7. The Morgan fingerprint density at radius 2 is 1.29 bits per heavy atom. The summed E-state index contributed by atoms with van der Waals surface area (Å²) in [6.07, 6.45) is 0. The molecule has 0 fully saturated rings. The fourth-order valence-corrected chi connectivity index (χ4v) is 6.29. The van der Waals surface area contributed by atoms with Gasteiger partial charge in [0.15, 0.2) is 11.0 Å². The molecule has 2 nitrogen and oxygen atoms in total. The number of aromatic nitrogens is 2. The van der Waals surface area contributed by atoms with Crippen LogP contribution in [-0.2, 0) is 39.8 Å². The van der Waals surface area contributed by atoms with Crippen LogP contribution in [0, 0.1) is 19.1 Å². The Bertz CT molecular complexity index is 2280. The Hall–Kier alpha value is -4.11. The van der Waals surface area contributed by atoms with Gasteiger partial charge >= 0.3 is 0 Å². The van der Waals surface area contributed by atoms with Gasteiger partial charge in [-0.1, -0.05) is 90.5 Å². The van der Waals surface area contributed by atoms with Crippen molar-refractivity contribution >= 4 is 43.4 Å². The van der Waals surface area contributed by atoms with Gasteiger partial charge in [0.2, 0.25) is 5.82 Å². The zero-order chi connectivity index (χ0) is 27.5. The summed E-state index contributed by atoms with van der Waals surface area (Å²) < 4.78 is 4.71. The molecule has 0 unspecified atom stereocenters. The molecule has 1 aromatic heterocycles. The number of aryl methyl sites for hydroxylation is 2. The minimum absolute atomic E-state index is 0. The first kappa shape index (κ1) is 26.8. The molecule has 3 heteroatoms. The third-order valence-corrected chi connectivity index (χ3v) is 8.35. The number of imidazole rings is 1. The van der Waals surface area contributed by atoms with E-state index < -0.39 is 0 Å². The standard InChI is InChI=1S/C39H27N2.Y/c1-26-16-17-30(29-20-22-34-31(24-29)19-18-27-10-6-8-14-33(27)34)25-36(26)39-40(2)37-23-21-28-11-7-9-15-35(28)38(37)41(39)32-12-4-3-5-13-32;/h3-19,21-24H,1-2H3;/q-1;. The molecule has 1 heterocycles. The molecule has 0 aliphatic heterocycles. The van der Waals surface area contributed by atoms with Crippen molar-refractivity contribution in [2.45, 2.75) is 6.92 Å². The van der Waals surface area contributed by atoms with Gasteiger partial charge in [0.25, 0.3) is 0 Å². The first-order valence-electron chi connectivity index (χ1n) is 14.0. The Morgan fingerprint density at radius 3 is 2.10 bits per heavy atom. The Balaban J connectivity index is 0.00000288. The number of nitrogens with zero attached hydrogens (tertiary/aromatic N) is 2. The SMILES string of the molecule is Cc1ccc(-c2[c-]cc3c(ccc4ccccc43)c2)[c-]c1-c1n(-c2ccccc2)c2c3ccccc3ccc2[n+]1C.[Y]. The van der Waals surface area contributed by atoms with E-state index in [1.54, 1.807) is 0 Å². The molecule has 0 spiro atoms. The normalized spacial score (nSPS) is 11.4. The van der Waals surface area contributed by atoms with Crippen molar-refractivity contribution in [3.05, 3.63) is 145 Å². The zero-order valence-electron chi connectivity index (χ0n) is 23.6. The smallest absolute Gasteiger partial charge is 0.229 e. The summed E-state index contributed by atoms with van der Waals surface area (Å²) in [4.78, 5) is 0. The monoisotopic (exact) mass is 612 g/mol. The van der Waals surface area contributed by atoms with Crippen LogP contribution in [-0.4, -0.2) is 4.57 Å². The minimum atomic E-state index is 0. The van der Waals surface area contributed by atoms with Crippen LogP contribution in [0.3, 0.4) is 0 Å². The molecule has 7 aromatic carbocycles. The van der Waals surface area contributed by atoms with Crippen molar-refractivity contribution in [3.8, 4) is 28.2 Å². The van der Waals surface area contributed by atoms with Crippen LogP contribution >= 0.6 is 0 Å². The summed E-state index contributed by atoms with van der Waals surface area (Å²) in [6.45, 7) is 2.18. The Morgan fingerprint density at radius 1 is 0.619 bits per heavy atom. The van der Waals surface area contributed by atoms with Crippen LogP contribution in [0.25, 0.3) is 71.6 Å². The van der Waals surface area contributed by atoms with Crippen molar-refractivity contribution in [1.82, 2.24) is 4.57 Å². The van der Waals surface area contributed by atoms with Gasteiger partial charge in [-0.05, 0) is 46.7 Å². The third-order valence-electron chi connectivity index (χ3n) is 8.35. The van der Waals surface area contributed by atoms with Gasteiger partial charge in [-0.3, -0.25) is 4.57 Å². The molecule has 1 radical (unpaired) electrons. The van der Waals surface area contributed by atoms with Gasteiger partial charge in [0.1, 0.15) is 5.69 Å². The van der Waals surface area contributed by atoms with Crippen LogP contribution in [0.2, 0.25) is 0 Å². The number of hydrogen-bond acceptors (Lipinski definition) is 0. The number of para-hydroxylation sites is 1. The quantitative estimate of drug-likeness (QED) is 0.107. The Labute approximate surface area is 270 Å². The molecule has 0 N–H and O–H groups in total. The third kappa shape index (κ3) is 4.21. The molecule has 197 valence electrons. The van der Waals surface area contributed by atoms with E-state index >= 15 is 0 Å². The van der Waals surface area contributed by atoms with Crippen molar-refractivity contribution in [1.29, 1.82) is 0 Å². The molecule has 0 aliphatic rings. The van der Waals surface area contributed by atoms with Gasteiger partial charge in [0.05, 0.1) is 7.05 Å². The van der Waals surface area contributed by atoms with Gasteiger partial charge in [-0.15, -0.1) is 23.1 Å². The summed E-state index contributed by atoms with van der Waals surface area (Å²) in [5.74, 6) is 1.11. The van der Waals surface area contributed by atoms with Crippen molar-refractivity contribution in [2.75, 3.05) is 0 Å². The van der Waals surface area contributed by atoms with Crippen LogP contribution in [0.1, 0.15) is 5.56 Å². The fourth-order valence-electron chi connectivity index (χ4n) is 6.29. The molecular formula is C39H27N2Y-. The maximum atomic E-state index is 3.83. The fraction of sp³-hybridized carbons (Fsp3) is 0.0513. The maximum Gasteiger partial charge on any atom is 0.229 e. The molecular weight excluding hydrogens is 585 g/mol. The van der Waals surface area contributed by atoms with Crippen LogP contribution in [0.4, 0.5) is 0 Å². The summed E-state index contributed by atoms with van der Waals surface area (Å²) in [6, 6.07) is 52.9. The first-order valence-corrected chi connectivity index (χ1v) is 14.0. The second-order valence-corrected chi connectivity index (χ2v) is 10.8. The molecule has 0 amide bonds. The molecule has 42 heavy (non-hydrogen) atoms. The van der Waals surface area contributed by atoms with Crippen molar-refractivity contribution in [3.63, 3.8) is 0 Å². The van der Waals surface area contributed by atoms with E-state index in [1.165, 1.54) is 48.9 Å². The molecule has 8 aromatic rings. The minimum Gasteiger partial charge on any atom is -0.258 e. The second-order valence-electron chi connectivity index (χ2n) is 10.8. The summed E-state index contributed by atoms with van der Waals surface area (Å²) in [7, 11) is 2.17. The van der Waals surface area contributed by atoms with E-state index in [-0.39, 0.29) is 32.7 Å². The van der Waals surface area contributed by atoms with Gasteiger partial charge in [-0.25, -0.2) is 10.1 Å². The molecule has 0 aliphatic carbocycles. The molecule has 0 atom stereocenters. The molecule has 0 saturated heterocycles. The van der Waals surface area contributed by atoms with E-state index in [2.05, 4.69) is 163 Å². The average molecular weight is 613 g/mol. The maximum absolute atomic E-state index is 3.83. The predicted molar refractivity (Wildman–Crippen MR) is 170 cm³/mol. The Kier molecular flexibility index (Phi) is 6.77. The number of rotatable bonds is 3. The number of fused-ring (bicyclic) bond motifs is 6. The first-order chi connectivity index (χ1) is 20.2. The van der Waals surface area contributed by atoms with Gasteiger partial charge < -0.3 is 0 Å². The van der Waals surface area contributed by atoms with E-state index in [1.807, 2.05) is 0 Å². The van der Waals surface area contributed by atoms with Gasteiger partial charge in [0, 0.05) is 38.1 Å². The predicted octanol–water partition coefficient (Wildman–Crippen LogP) is 9.15. The molecule has 0 bridgehead atoms.